The molecule has 1 aromatic heterocycles. The summed E-state index contributed by atoms with van der Waals surface area (Å²) in [6.45, 7) is 2.17. The molecule has 19 heavy (non-hydrogen) atoms. The third-order valence-corrected chi connectivity index (χ3v) is 2.75. The summed E-state index contributed by atoms with van der Waals surface area (Å²) in [6, 6.07) is 13.3. The van der Waals surface area contributed by atoms with Crippen molar-refractivity contribution in [3.05, 3.63) is 66.0 Å². The number of carbonyl (C=O) groups is 1. The number of carbonyl (C=O) groups excluding carboxylic acids is 1. The molecule has 0 aliphatic heterocycles. The Bertz CT molecular complexity index is 514. The molecule has 0 saturated heterocycles. The lowest BCUT2D eigenvalue weighted by atomic mass is 10.1. The highest BCUT2D eigenvalue weighted by Gasteiger charge is 2.09. The Balaban J connectivity index is 1.82. The van der Waals surface area contributed by atoms with Crippen LogP contribution < -0.4 is 5.32 Å². The van der Waals surface area contributed by atoms with Crippen LogP contribution in [0, 0.1) is 0 Å². The lowest BCUT2D eigenvalue weighted by Crippen LogP contribution is -2.27. The molecule has 4 nitrogen and oxygen atoms in total. The van der Waals surface area contributed by atoms with Gasteiger partial charge in [0.25, 0.3) is 0 Å². The van der Waals surface area contributed by atoms with Crippen molar-refractivity contribution >= 4 is 6.09 Å². The van der Waals surface area contributed by atoms with Crippen LogP contribution in [0.15, 0.2) is 54.9 Å². The summed E-state index contributed by atoms with van der Waals surface area (Å²) >= 11 is 0. The first-order valence-electron chi connectivity index (χ1n) is 6.13. The van der Waals surface area contributed by atoms with Crippen LogP contribution in [0.5, 0.6) is 0 Å². The second-order valence-corrected chi connectivity index (χ2v) is 4.21. The van der Waals surface area contributed by atoms with Crippen LogP contribution in [0.1, 0.15) is 24.1 Å². The summed E-state index contributed by atoms with van der Waals surface area (Å²) < 4.78 is 5.14. The maximum Gasteiger partial charge on any atom is 0.407 e. The molecule has 98 valence electrons. The number of pyridine rings is 1. The second-order valence-electron chi connectivity index (χ2n) is 4.21. The summed E-state index contributed by atoms with van der Waals surface area (Å²) in [5.74, 6) is 0. The van der Waals surface area contributed by atoms with Gasteiger partial charge in [0.05, 0.1) is 6.04 Å². The number of hydrogen-bond donors (Lipinski definition) is 1. The SMILES string of the molecule is C[C@H](NC(=O)OCc1ccncc1)c1ccccc1. The van der Waals surface area contributed by atoms with Crippen LogP contribution in [0.3, 0.4) is 0 Å². The Morgan fingerprint density at radius 3 is 2.58 bits per heavy atom. The van der Waals surface area contributed by atoms with E-state index in [1.54, 1.807) is 12.4 Å². The molecule has 0 spiro atoms. The van der Waals surface area contributed by atoms with E-state index in [4.69, 9.17) is 4.74 Å². The van der Waals surface area contributed by atoms with Gasteiger partial charge in [-0.05, 0) is 30.2 Å². The molecule has 0 bridgehead atoms. The van der Waals surface area contributed by atoms with Crippen LogP contribution in [-0.2, 0) is 11.3 Å². The standard InChI is InChI=1S/C15H16N2O2/c1-12(14-5-3-2-4-6-14)17-15(18)19-11-13-7-9-16-10-8-13/h2-10,12H,11H2,1H3,(H,17,18)/t12-/m0/s1. The van der Waals surface area contributed by atoms with Crippen LogP contribution in [0.2, 0.25) is 0 Å². The normalized spacial score (nSPS) is 11.6. The third kappa shape index (κ3) is 4.10. The lowest BCUT2D eigenvalue weighted by Gasteiger charge is -2.14. The van der Waals surface area contributed by atoms with Gasteiger partial charge < -0.3 is 10.1 Å². The lowest BCUT2D eigenvalue weighted by molar-refractivity contribution is 0.136. The Morgan fingerprint density at radius 2 is 1.89 bits per heavy atom. The fourth-order valence-corrected chi connectivity index (χ4v) is 1.67. The molecule has 4 heteroatoms. The fraction of sp³-hybridized carbons (Fsp3) is 0.200. The van der Waals surface area contributed by atoms with E-state index in [-0.39, 0.29) is 12.6 Å². The average Bonchev–Trinajstić information content (AvgIpc) is 2.47. The van der Waals surface area contributed by atoms with Crippen molar-refractivity contribution in [2.45, 2.75) is 19.6 Å². The largest absolute Gasteiger partial charge is 0.445 e. The van der Waals surface area contributed by atoms with Gasteiger partial charge >= 0.3 is 6.09 Å². The molecular formula is C15H16N2O2. The molecule has 0 fully saturated rings. The molecule has 0 unspecified atom stereocenters. The van der Waals surface area contributed by atoms with Gasteiger partial charge in [-0.3, -0.25) is 4.98 Å². The van der Waals surface area contributed by atoms with E-state index in [0.29, 0.717) is 0 Å². The van der Waals surface area contributed by atoms with Crippen molar-refractivity contribution < 1.29 is 9.53 Å². The van der Waals surface area contributed by atoms with Gasteiger partial charge in [-0.1, -0.05) is 30.3 Å². The Labute approximate surface area is 112 Å². The molecular weight excluding hydrogens is 240 g/mol. The van der Waals surface area contributed by atoms with Crippen molar-refractivity contribution in [2.24, 2.45) is 0 Å². The van der Waals surface area contributed by atoms with Gasteiger partial charge in [0.1, 0.15) is 6.61 Å². The Hall–Kier alpha value is -2.36. The molecule has 1 amide bonds. The number of ether oxygens (including phenoxy) is 1. The van der Waals surface area contributed by atoms with E-state index in [1.807, 2.05) is 49.4 Å². The second kappa shape index (κ2) is 6.54. The van der Waals surface area contributed by atoms with Gasteiger partial charge in [-0.15, -0.1) is 0 Å². The number of benzene rings is 1. The molecule has 1 N–H and O–H groups in total. The van der Waals surface area contributed by atoms with Crippen LogP contribution >= 0.6 is 0 Å². The van der Waals surface area contributed by atoms with E-state index in [0.717, 1.165) is 11.1 Å². The van der Waals surface area contributed by atoms with Crippen LogP contribution in [0.25, 0.3) is 0 Å². The monoisotopic (exact) mass is 256 g/mol. The van der Waals surface area contributed by atoms with Gasteiger partial charge in [-0.2, -0.15) is 0 Å². The zero-order chi connectivity index (χ0) is 13.5. The molecule has 0 radical (unpaired) electrons. The highest BCUT2D eigenvalue weighted by Crippen LogP contribution is 2.11. The number of rotatable bonds is 4. The average molecular weight is 256 g/mol. The number of alkyl carbamates (subject to hydrolysis) is 1. The highest BCUT2D eigenvalue weighted by molar-refractivity contribution is 5.67. The topological polar surface area (TPSA) is 51.2 Å². The van der Waals surface area contributed by atoms with Gasteiger partial charge in [-0.25, -0.2) is 4.79 Å². The van der Waals surface area contributed by atoms with Crippen molar-refractivity contribution in [3.63, 3.8) is 0 Å². The van der Waals surface area contributed by atoms with Crippen LogP contribution in [-0.4, -0.2) is 11.1 Å². The van der Waals surface area contributed by atoms with E-state index in [2.05, 4.69) is 10.3 Å². The molecule has 2 rings (SSSR count). The highest BCUT2D eigenvalue weighted by atomic mass is 16.5. The number of hydrogen-bond acceptors (Lipinski definition) is 3. The minimum absolute atomic E-state index is 0.0776. The van der Waals surface area contributed by atoms with E-state index < -0.39 is 6.09 Å². The molecule has 1 aromatic carbocycles. The molecule has 0 aliphatic carbocycles. The summed E-state index contributed by atoms with van der Waals surface area (Å²) in [5.41, 5.74) is 1.96. The van der Waals surface area contributed by atoms with Gasteiger partial charge in [0.2, 0.25) is 0 Å². The summed E-state index contributed by atoms with van der Waals surface area (Å²) in [5, 5.41) is 2.79. The summed E-state index contributed by atoms with van der Waals surface area (Å²) in [6.07, 6.45) is 2.92. The van der Waals surface area contributed by atoms with Gasteiger partial charge in [0.15, 0.2) is 0 Å². The minimum Gasteiger partial charge on any atom is -0.445 e. The third-order valence-electron chi connectivity index (χ3n) is 2.75. The molecule has 0 aliphatic rings. The van der Waals surface area contributed by atoms with Crippen molar-refractivity contribution in [1.82, 2.24) is 10.3 Å². The van der Waals surface area contributed by atoms with Crippen molar-refractivity contribution in [1.29, 1.82) is 0 Å². The first-order chi connectivity index (χ1) is 9.25. The summed E-state index contributed by atoms with van der Waals surface area (Å²) in [7, 11) is 0. The molecule has 1 heterocycles. The van der Waals surface area contributed by atoms with Gasteiger partial charge in [0, 0.05) is 12.4 Å². The number of nitrogens with one attached hydrogen (secondary N) is 1. The number of nitrogens with zero attached hydrogens (tertiary/aromatic N) is 1. The maximum absolute atomic E-state index is 11.7. The molecule has 0 saturated carbocycles. The predicted molar refractivity (Wildman–Crippen MR) is 72.4 cm³/mol. The Morgan fingerprint density at radius 1 is 1.21 bits per heavy atom. The number of amides is 1. The van der Waals surface area contributed by atoms with E-state index >= 15 is 0 Å². The quantitative estimate of drug-likeness (QED) is 0.914. The first kappa shape index (κ1) is 13.1. The van der Waals surface area contributed by atoms with Crippen molar-refractivity contribution in [2.75, 3.05) is 0 Å². The first-order valence-corrected chi connectivity index (χ1v) is 6.13. The number of aromatic nitrogens is 1. The van der Waals surface area contributed by atoms with Crippen molar-refractivity contribution in [3.8, 4) is 0 Å². The fourth-order valence-electron chi connectivity index (χ4n) is 1.67. The van der Waals surface area contributed by atoms with E-state index in [1.165, 1.54) is 0 Å². The molecule has 1 atom stereocenters. The zero-order valence-electron chi connectivity index (χ0n) is 10.7. The molecule has 2 aromatic rings. The summed E-state index contributed by atoms with van der Waals surface area (Å²) in [4.78, 5) is 15.6. The zero-order valence-corrected chi connectivity index (χ0v) is 10.7. The maximum atomic E-state index is 11.7. The van der Waals surface area contributed by atoms with E-state index in [9.17, 15) is 4.79 Å². The van der Waals surface area contributed by atoms with Crippen LogP contribution in [0.4, 0.5) is 4.79 Å². The predicted octanol–water partition coefficient (Wildman–Crippen LogP) is 3.07. The Kier molecular flexibility index (Phi) is 4.50. The minimum atomic E-state index is -0.423. The smallest absolute Gasteiger partial charge is 0.407 e.